The van der Waals surface area contributed by atoms with E-state index in [0.717, 1.165) is 47.8 Å². The lowest BCUT2D eigenvalue weighted by atomic mass is 9.90. The second kappa shape index (κ2) is 7.37. The fraction of sp³-hybridized carbons (Fsp3) is 0.250. The number of nitrogens with zero attached hydrogens (tertiary/aromatic N) is 2. The topological polar surface area (TPSA) is 84.9 Å². The maximum absolute atomic E-state index is 13.3. The molecule has 6 heteroatoms. The second-order valence-corrected chi connectivity index (χ2v) is 7.65. The summed E-state index contributed by atoms with van der Waals surface area (Å²) >= 11 is 0. The number of rotatable bonds is 3. The van der Waals surface area contributed by atoms with Crippen molar-refractivity contribution in [2.75, 3.05) is 0 Å². The van der Waals surface area contributed by atoms with Gasteiger partial charge in [0, 0.05) is 11.1 Å². The highest BCUT2D eigenvalue weighted by Crippen LogP contribution is 2.30. The van der Waals surface area contributed by atoms with Crippen LogP contribution in [-0.4, -0.2) is 20.9 Å². The highest BCUT2D eigenvalue weighted by Gasteiger charge is 2.25. The number of aromatic amines is 1. The highest BCUT2D eigenvalue weighted by molar-refractivity contribution is 6.05. The summed E-state index contributed by atoms with van der Waals surface area (Å²) in [5.41, 5.74) is 3.69. The van der Waals surface area contributed by atoms with E-state index in [1.165, 1.54) is 0 Å². The van der Waals surface area contributed by atoms with Crippen molar-refractivity contribution in [1.82, 2.24) is 15.0 Å². The van der Waals surface area contributed by atoms with Gasteiger partial charge < -0.3 is 9.72 Å². The minimum Gasteiger partial charge on any atom is -0.451 e. The van der Waals surface area contributed by atoms with E-state index in [9.17, 15) is 9.59 Å². The van der Waals surface area contributed by atoms with Gasteiger partial charge in [-0.05, 0) is 56.4 Å². The smallest absolute Gasteiger partial charge is 0.339 e. The zero-order valence-electron chi connectivity index (χ0n) is 16.6. The van der Waals surface area contributed by atoms with E-state index in [4.69, 9.17) is 9.72 Å². The van der Waals surface area contributed by atoms with Gasteiger partial charge in [-0.3, -0.25) is 9.78 Å². The fourth-order valence-corrected chi connectivity index (χ4v) is 4.18. The Bertz CT molecular complexity index is 1340. The molecule has 5 rings (SSSR count). The maximum Gasteiger partial charge on any atom is 0.339 e. The molecular weight excluding hydrogens is 378 g/mol. The molecule has 1 aliphatic rings. The molecule has 2 heterocycles. The van der Waals surface area contributed by atoms with Gasteiger partial charge >= 0.3 is 5.97 Å². The van der Waals surface area contributed by atoms with Crippen LogP contribution in [0.5, 0.6) is 0 Å². The van der Waals surface area contributed by atoms with Crippen molar-refractivity contribution >= 4 is 27.8 Å². The number of aromatic nitrogens is 3. The van der Waals surface area contributed by atoms with Crippen molar-refractivity contribution in [2.24, 2.45) is 0 Å². The Morgan fingerprint density at radius 1 is 0.967 bits per heavy atom. The van der Waals surface area contributed by atoms with Gasteiger partial charge in [0.05, 0.1) is 22.0 Å². The SMILES string of the molecule is C[C@H](OC(=O)c1c2c(nc3ccccc13)CCCC2)c1nc2ccccc2c(=O)[nH]1. The minimum absolute atomic E-state index is 0.245. The summed E-state index contributed by atoms with van der Waals surface area (Å²) in [4.78, 5) is 37.7. The second-order valence-electron chi connectivity index (χ2n) is 7.65. The predicted molar refractivity (Wildman–Crippen MR) is 115 cm³/mol. The number of pyridine rings is 1. The average Bonchev–Trinajstić information content (AvgIpc) is 2.77. The van der Waals surface area contributed by atoms with Crippen molar-refractivity contribution in [3.05, 3.63) is 81.5 Å². The van der Waals surface area contributed by atoms with E-state index < -0.39 is 12.1 Å². The normalized spacial score (nSPS) is 14.4. The Morgan fingerprint density at radius 3 is 2.43 bits per heavy atom. The Kier molecular flexibility index (Phi) is 4.54. The number of esters is 1. The molecule has 1 aliphatic carbocycles. The third kappa shape index (κ3) is 3.14. The van der Waals surface area contributed by atoms with Crippen molar-refractivity contribution in [1.29, 1.82) is 0 Å². The zero-order valence-corrected chi connectivity index (χ0v) is 16.6. The molecule has 0 saturated heterocycles. The Hall–Kier alpha value is -3.54. The van der Waals surface area contributed by atoms with Gasteiger partial charge in [0.25, 0.3) is 5.56 Å². The molecule has 0 unspecified atom stereocenters. The van der Waals surface area contributed by atoms with E-state index >= 15 is 0 Å². The van der Waals surface area contributed by atoms with E-state index in [1.54, 1.807) is 25.1 Å². The molecule has 0 radical (unpaired) electrons. The molecule has 0 amide bonds. The number of para-hydroxylation sites is 2. The summed E-state index contributed by atoms with van der Waals surface area (Å²) in [6, 6.07) is 14.8. The number of hydrogen-bond donors (Lipinski definition) is 1. The Morgan fingerprint density at radius 2 is 1.63 bits per heavy atom. The van der Waals surface area contributed by atoms with E-state index in [-0.39, 0.29) is 5.56 Å². The molecule has 0 saturated carbocycles. The number of carbonyl (C=O) groups excluding carboxylic acids is 1. The summed E-state index contributed by atoms with van der Waals surface area (Å²) < 4.78 is 5.80. The standard InChI is InChI=1S/C24H21N3O3/c1-14(22-26-20-13-7-4-10-17(20)23(28)27-22)30-24(29)21-15-8-2-5-11-18(15)25-19-12-6-3-9-16(19)21/h2,4-5,7-8,10-11,13-14H,3,6,9,12H2,1H3,(H,26,27,28)/t14-/m0/s1. The van der Waals surface area contributed by atoms with Crippen LogP contribution in [-0.2, 0) is 17.6 Å². The van der Waals surface area contributed by atoms with Gasteiger partial charge in [0.1, 0.15) is 0 Å². The molecule has 1 N–H and O–H groups in total. The van der Waals surface area contributed by atoms with Crippen molar-refractivity contribution in [3.8, 4) is 0 Å². The molecule has 0 bridgehead atoms. The first-order valence-corrected chi connectivity index (χ1v) is 10.2. The third-order valence-corrected chi connectivity index (χ3v) is 5.67. The first kappa shape index (κ1) is 18.5. The van der Waals surface area contributed by atoms with E-state index in [1.807, 2.05) is 30.3 Å². The number of ether oxygens (including phenoxy) is 1. The first-order valence-electron chi connectivity index (χ1n) is 10.2. The Balaban J connectivity index is 1.54. The van der Waals surface area contributed by atoms with Crippen LogP contribution in [0.15, 0.2) is 53.3 Å². The van der Waals surface area contributed by atoms with Crippen molar-refractivity contribution in [2.45, 2.75) is 38.7 Å². The average molecular weight is 399 g/mol. The van der Waals surface area contributed by atoms with Crippen LogP contribution in [0, 0.1) is 0 Å². The molecular formula is C24H21N3O3. The van der Waals surface area contributed by atoms with Crippen LogP contribution in [0.2, 0.25) is 0 Å². The van der Waals surface area contributed by atoms with Crippen LogP contribution in [0.4, 0.5) is 0 Å². The fourth-order valence-electron chi connectivity index (χ4n) is 4.18. The first-order chi connectivity index (χ1) is 14.6. The molecule has 150 valence electrons. The number of carbonyl (C=O) groups is 1. The van der Waals surface area contributed by atoms with Gasteiger partial charge in [-0.15, -0.1) is 0 Å². The summed E-state index contributed by atoms with van der Waals surface area (Å²) in [5, 5.41) is 1.31. The van der Waals surface area contributed by atoms with Crippen LogP contribution in [0.1, 0.15) is 53.3 Å². The van der Waals surface area contributed by atoms with E-state index in [2.05, 4.69) is 9.97 Å². The number of nitrogens with one attached hydrogen (secondary N) is 1. The van der Waals surface area contributed by atoms with Gasteiger partial charge in [-0.25, -0.2) is 9.78 Å². The summed E-state index contributed by atoms with van der Waals surface area (Å²) in [6.07, 6.45) is 3.10. The largest absolute Gasteiger partial charge is 0.451 e. The molecule has 2 aromatic carbocycles. The van der Waals surface area contributed by atoms with Crippen LogP contribution >= 0.6 is 0 Å². The molecule has 0 fully saturated rings. The van der Waals surface area contributed by atoms with Crippen LogP contribution in [0.25, 0.3) is 21.8 Å². The van der Waals surface area contributed by atoms with Gasteiger partial charge in [0.15, 0.2) is 11.9 Å². The number of fused-ring (bicyclic) bond motifs is 3. The molecule has 1 atom stereocenters. The Labute approximate surface area is 172 Å². The zero-order chi connectivity index (χ0) is 20.7. The lowest BCUT2D eigenvalue weighted by molar-refractivity contribution is 0.0320. The monoisotopic (exact) mass is 399 g/mol. The van der Waals surface area contributed by atoms with Crippen LogP contribution < -0.4 is 5.56 Å². The minimum atomic E-state index is -0.694. The van der Waals surface area contributed by atoms with Crippen molar-refractivity contribution in [3.63, 3.8) is 0 Å². The molecule has 0 spiro atoms. The van der Waals surface area contributed by atoms with Gasteiger partial charge in [-0.1, -0.05) is 30.3 Å². The predicted octanol–water partition coefficient (Wildman–Crippen LogP) is 4.27. The summed E-state index contributed by atoms with van der Waals surface area (Å²) in [7, 11) is 0. The number of aryl methyl sites for hydroxylation is 1. The molecule has 30 heavy (non-hydrogen) atoms. The number of hydrogen-bond acceptors (Lipinski definition) is 5. The highest BCUT2D eigenvalue weighted by atomic mass is 16.5. The van der Waals surface area contributed by atoms with Crippen molar-refractivity contribution < 1.29 is 9.53 Å². The maximum atomic E-state index is 13.3. The summed E-state index contributed by atoms with van der Waals surface area (Å²) in [5.74, 6) is -0.0747. The van der Waals surface area contributed by atoms with Gasteiger partial charge in [0.2, 0.25) is 0 Å². The van der Waals surface area contributed by atoms with E-state index in [0.29, 0.717) is 22.3 Å². The number of benzene rings is 2. The van der Waals surface area contributed by atoms with Crippen LogP contribution in [0.3, 0.4) is 0 Å². The lowest BCUT2D eigenvalue weighted by Crippen LogP contribution is -2.20. The molecule has 6 nitrogen and oxygen atoms in total. The van der Waals surface area contributed by atoms with Gasteiger partial charge in [-0.2, -0.15) is 0 Å². The lowest BCUT2D eigenvalue weighted by Gasteiger charge is -2.21. The molecule has 0 aliphatic heterocycles. The third-order valence-electron chi connectivity index (χ3n) is 5.67. The molecule has 2 aromatic heterocycles. The summed E-state index contributed by atoms with van der Waals surface area (Å²) in [6.45, 7) is 1.72. The number of H-pyrrole nitrogens is 1. The molecule has 4 aromatic rings. The quantitative estimate of drug-likeness (QED) is 0.520.